The highest BCUT2D eigenvalue weighted by Gasteiger charge is 2.31. The Balaban J connectivity index is 1.64. The fraction of sp³-hybridized carbons (Fsp3) is 0.389. The van der Waals surface area contributed by atoms with Gasteiger partial charge < -0.3 is 9.73 Å². The summed E-state index contributed by atoms with van der Waals surface area (Å²) >= 11 is 0. The van der Waals surface area contributed by atoms with Gasteiger partial charge in [-0.15, -0.1) is 0 Å². The Kier molecular flexibility index (Phi) is 4.96. The van der Waals surface area contributed by atoms with Gasteiger partial charge >= 0.3 is 0 Å². The molecule has 134 valence electrons. The summed E-state index contributed by atoms with van der Waals surface area (Å²) in [6.07, 6.45) is 2.61. The van der Waals surface area contributed by atoms with Crippen molar-refractivity contribution in [2.45, 2.75) is 37.6 Å². The van der Waals surface area contributed by atoms with Crippen LogP contribution in [-0.2, 0) is 10.0 Å². The molecule has 0 radical (unpaired) electrons. The molecule has 0 saturated carbocycles. The lowest BCUT2D eigenvalue weighted by molar-refractivity contribution is 0.0895. The quantitative estimate of drug-likeness (QED) is 0.906. The Morgan fingerprint density at radius 2 is 1.92 bits per heavy atom. The van der Waals surface area contributed by atoms with Gasteiger partial charge in [-0.3, -0.25) is 4.79 Å². The Labute approximate surface area is 147 Å². The van der Waals surface area contributed by atoms with Crippen molar-refractivity contribution in [3.8, 4) is 0 Å². The SMILES string of the molecule is Cc1ccc(S(=O)(=O)N2CCC(NC(=O)c3ccco3)CC2)c(C)c1. The third kappa shape index (κ3) is 3.77. The molecule has 3 rings (SSSR count). The molecule has 1 aliphatic heterocycles. The van der Waals surface area contributed by atoms with Crippen molar-refractivity contribution in [2.24, 2.45) is 0 Å². The maximum Gasteiger partial charge on any atom is 0.287 e. The van der Waals surface area contributed by atoms with E-state index in [9.17, 15) is 13.2 Å². The molecule has 1 fully saturated rings. The second-order valence-electron chi connectivity index (χ2n) is 6.40. The minimum Gasteiger partial charge on any atom is -0.459 e. The number of nitrogens with zero attached hydrogens (tertiary/aromatic N) is 1. The van der Waals surface area contributed by atoms with Crippen LogP contribution in [-0.4, -0.2) is 37.8 Å². The van der Waals surface area contributed by atoms with Gasteiger partial charge in [-0.05, 0) is 50.5 Å². The molecule has 2 heterocycles. The minimum atomic E-state index is -3.50. The number of benzene rings is 1. The van der Waals surface area contributed by atoms with E-state index in [-0.39, 0.29) is 17.7 Å². The van der Waals surface area contributed by atoms with Gasteiger partial charge in [-0.1, -0.05) is 17.7 Å². The number of nitrogens with one attached hydrogen (secondary N) is 1. The number of amides is 1. The predicted octanol–water partition coefficient (Wildman–Crippen LogP) is 2.48. The minimum absolute atomic E-state index is 0.0526. The van der Waals surface area contributed by atoms with Crippen LogP contribution in [0.5, 0.6) is 0 Å². The average Bonchev–Trinajstić information content (AvgIpc) is 3.09. The van der Waals surface area contributed by atoms with Crippen LogP contribution in [0, 0.1) is 13.8 Å². The second kappa shape index (κ2) is 7.01. The van der Waals surface area contributed by atoms with E-state index in [0.29, 0.717) is 30.8 Å². The number of carbonyl (C=O) groups is 1. The zero-order chi connectivity index (χ0) is 18.0. The number of aryl methyl sites for hydroxylation is 2. The highest BCUT2D eigenvalue weighted by Crippen LogP contribution is 2.24. The summed E-state index contributed by atoms with van der Waals surface area (Å²) in [7, 11) is -3.50. The second-order valence-corrected chi connectivity index (χ2v) is 8.30. The van der Waals surface area contributed by atoms with Crippen LogP contribution in [0.1, 0.15) is 34.5 Å². The van der Waals surface area contributed by atoms with E-state index < -0.39 is 10.0 Å². The molecule has 0 bridgehead atoms. The van der Waals surface area contributed by atoms with Crippen molar-refractivity contribution in [1.29, 1.82) is 0 Å². The van der Waals surface area contributed by atoms with Gasteiger partial charge in [0.1, 0.15) is 0 Å². The van der Waals surface area contributed by atoms with E-state index in [4.69, 9.17) is 4.42 Å². The molecule has 0 unspecified atom stereocenters. The Morgan fingerprint density at radius 1 is 1.20 bits per heavy atom. The molecule has 0 atom stereocenters. The van der Waals surface area contributed by atoms with E-state index in [1.54, 1.807) is 18.2 Å². The molecule has 1 aliphatic rings. The number of sulfonamides is 1. The summed E-state index contributed by atoms with van der Waals surface area (Å²) in [5.74, 6) is 0.00557. The zero-order valence-electron chi connectivity index (χ0n) is 14.4. The van der Waals surface area contributed by atoms with Gasteiger partial charge in [0.2, 0.25) is 10.0 Å². The van der Waals surface area contributed by atoms with Crippen molar-refractivity contribution in [2.75, 3.05) is 13.1 Å². The maximum atomic E-state index is 12.9. The first-order valence-corrected chi connectivity index (χ1v) is 9.74. The van der Waals surface area contributed by atoms with Gasteiger partial charge in [0.25, 0.3) is 5.91 Å². The maximum absolute atomic E-state index is 12.9. The number of hydrogen-bond acceptors (Lipinski definition) is 4. The summed E-state index contributed by atoms with van der Waals surface area (Å²) in [5, 5.41) is 2.90. The lowest BCUT2D eigenvalue weighted by atomic mass is 10.1. The van der Waals surface area contributed by atoms with Crippen molar-refractivity contribution < 1.29 is 17.6 Å². The van der Waals surface area contributed by atoms with Crippen LogP contribution < -0.4 is 5.32 Å². The van der Waals surface area contributed by atoms with E-state index in [0.717, 1.165) is 11.1 Å². The van der Waals surface area contributed by atoms with Crippen molar-refractivity contribution in [1.82, 2.24) is 9.62 Å². The summed E-state index contributed by atoms with van der Waals surface area (Å²) in [5.41, 5.74) is 1.80. The standard InChI is InChI=1S/C18H22N2O4S/c1-13-5-6-17(14(2)12-13)25(22,23)20-9-7-15(8-10-20)19-18(21)16-4-3-11-24-16/h3-6,11-12,15H,7-10H2,1-2H3,(H,19,21). The molecule has 1 aromatic carbocycles. The van der Waals surface area contributed by atoms with Gasteiger partial charge in [-0.2, -0.15) is 4.31 Å². The molecule has 1 saturated heterocycles. The predicted molar refractivity (Wildman–Crippen MR) is 93.9 cm³/mol. The fourth-order valence-electron chi connectivity index (χ4n) is 3.13. The van der Waals surface area contributed by atoms with E-state index in [1.165, 1.54) is 10.6 Å². The topological polar surface area (TPSA) is 79.6 Å². The van der Waals surface area contributed by atoms with Crippen LogP contribution in [0.2, 0.25) is 0 Å². The Hall–Kier alpha value is -2.12. The third-order valence-corrected chi connectivity index (χ3v) is 6.54. The smallest absolute Gasteiger partial charge is 0.287 e. The van der Waals surface area contributed by atoms with E-state index >= 15 is 0 Å². The molecule has 1 N–H and O–H groups in total. The van der Waals surface area contributed by atoms with Gasteiger partial charge in [0.05, 0.1) is 11.2 Å². The molecular weight excluding hydrogens is 340 g/mol. The van der Waals surface area contributed by atoms with Gasteiger partial charge in [0.15, 0.2) is 5.76 Å². The number of carbonyl (C=O) groups excluding carboxylic acids is 1. The fourth-order valence-corrected chi connectivity index (χ4v) is 4.81. The molecule has 2 aromatic rings. The van der Waals surface area contributed by atoms with Crippen molar-refractivity contribution >= 4 is 15.9 Å². The summed E-state index contributed by atoms with van der Waals surface area (Å²) in [4.78, 5) is 12.4. The first kappa shape index (κ1) is 17.7. The molecule has 1 aromatic heterocycles. The average molecular weight is 362 g/mol. The molecular formula is C18H22N2O4S. The largest absolute Gasteiger partial charge is 0.459 e. The normalized spacial score (nSPS) is 16.7. The van der Waals surface area contributed by atoms with Gasteiger partial charge in [-0.25, -0.2) is 8.42 Å². The monoisotopic (exact) mass is 362 g/mol. The van der Waals surface area contributed by atoms with Crippen LogP contribution in [0.4, 0.5) is 0 Å². The zero-order valence-corrected chi connectivity index (χ0v) is 15.2. The summed E-state index contributed by atoms with van der Waals surface area (Å²) < 4.78 is 32.3. The third-order valence-electron chi connectivity index (χ3n) is 4.48. The lowest BCUT2D eigenvalue weighted by Crippen LogP contribution is -2.46. The highest BCUT2D eigenvalue weighted by atomic mass is 32.2. The highest BCUT2D eigenvalue weighted by molar-refractivity contribution is 7.89. The number of furan rings is 1. The Morgan fingerprint density at radius 3 is 2.52 bits per heavy atom. The lowest BCUT2D eigenvalue weighted by Gasteiger charge is -2.31. The van der Waals surface area contributed by atoms with E-state index in [2.05, 4.69) is 5.32 Å². The van der Waals surface area contributed by atoms with Crippen LogP contribution >= 0.6 is 0 Å². The summed E-state index contributed by atoms with van der Waals surface area (Å²) in [6, 6.07) is 8.58. The number of hydrogen-bond donors (Lipinski definition) is 1. The number of rotatable bonds is 4. The van der Waals surface area contributed by atoms with Crippen LogP contribution in [0.15, 0.2) is 45.9 Å². The van der Waals surface area contributed by atoms with Crippen LogP contribution in [0.3, 0.4) is 0 Å². The van der Waals surface area contributed by atoms with Gasteiger partial charge in [0, 0.05) is 19.1 Å². The first-order valence-electron chi connectivity index (χ1n) is 8.29. The van der Waals surface area contributed by atoms with E-state index in [1.807, 2.05) is 26.0 Å². The number of piperidine rings is 1. The molecule has 6 nitrogen and oxygen atoms in total. The van der Waals surface area contributed by atoms with Crippen molar-refractivity contribution in [3.05, 3.63) is 53.5 Å². The molecule has 0 aliphatic carbocycles. The molecule has 7 heteroatoms. The first-order chi connectivity index (χ1) is 11.9. The van der Waals surface area contributed by atoms with Crippen molar-refractivity contribution in [3.63, 3.8) is 0 Å². The van der Waals surface area contributed by atoms with Crippen LogP contribution in [0.25, 0.3) is 0 Å². The Bertz CT molecular complexity index is 851. The summed E-state index contributed by atoms with van der Waals surface area (Å²) in [6.45, 7) is 4.53. The molecule has 0 spiro atoms. The molecule has 25 heavy (non-hydrogen) atoms. The molecule has 1 amide bonds.